The van der Waals surface area contributed by atoms with Crippen LogP contribution in [0, 0.1) is 5.82 Å². The van der Waals surface area contributed by atoms with Crippen molar-refractivity contribution in [1.82, 2.24) is 0 Å². The smallest absolute Gasteiger partial charge is 0.211 e. The summed E-state index contributed by atoms with van der Waals surface area (Å²) in [5.74, 6) is -0.612. The Morgan fingerprint density at radius 2 is 1.60 bits per heavy atom. The van der Waals surface area contributed by atoms with Gasteiger partial charge >= 0.3 is 0 Å². The lowest BCUT2D eigenvalue weighted by Gasteiger charge is -2.28. The molecule has 3 unspecified atom stereocenters. The number of allylic oxidation sites excluding steroid dienone is 2. The number of carbonyl (C=O) groups excluding carboxylic acids is 1. The highest BCUT2D eigenvalue weighted by atomic mass is 35.5. The van der Waals surface area contributed by atoms with Crippen LogP contribution in [-0.4, -0.2) is 16.6 Å². The normalized spacial score (nSPS) is 13.7. The number of benzene rings is 3. The predicted octanol–water partition coefficient (Wildman–Crippen LogP) is 11.3. The van der Waals surface area contributed by atoms with E-state index in [9.17, 15) is 19.4 Å². The Bertz CT molecular complexity index is 1410. The first-order valence-corrected chi connectivity index (χ1v) is 15.4. The van der Waals surface area contributed by atoms with Gasteiger partial charge in [0.2, 0.25) is 6.41 Å². The lowest BCUT2D eigenvalue weighted by Crippen LogP contribution is -2.25. The molecule has 234 valence electrons. The maximum Gasteiger partial charge on any atom is 0.211 e. The van der Waals surface area contributed by atoms with Gasteiger partial charge in [0.25, 0.3) is 0 Å². The van der Waals surface area contributed by atoms with Crippen LogP contribution >= 0.6 is 34.8 Å². The van der Waals surface area contributed by atoms with E-state index >= 15 is 0 Å². The van der Waals surface area contributed by atoms with Gasteiger partial charge in [0.05, 0.1) is 0 Å². The SMILES string of the molecule is C=C(O)C(C)(O)c1ccc(Cl)cc1C(C)C/C(C)=C\CC.CC.CC(c1cc(F)ccc1Cl)c1ccc(Cl)cc1NC=O. The predicted molar refractivity (Wildman–Crippen MR) is 181 cm³/mol. The van der Waals surface area contributed by atoms with Crippen LogP contribution in [0.3, 0.4) is 0 Å². The number of aliphatic hydroxyl groups is 2. The quantitative estimate of drug-likeness (QED) is 0.116. The standard InChI is InChI=1S/C18H25ClO2.C15H12Cl2FNO.C2H6/c1-6-7-12(2)10-13(3)16-11-15(19)8-9-17(16)18(5,21)14(4)20;1-9(13-7-11(18)3-5-14(13)17)12-4-2-10(16)6-15(12)19-8-20;1-2/h7-9,11,13,20-21H,4,6,10H2,1-3,5H3;2-9H,1H3,(H,19,20);1-2H3/b12-7-;;. The summed E-state index contributed by atoms with van der Waals surface area (Å²) in [6.45, 7) is 17.2. The number of amides is 1. The number of halogens is 4. The second-order valence-electron chi connectivity index (χ2n) is 10.2. The summed E-state index contributed by atoms with van der Waals surface area (Å²) in [5.41, 5.74) is 3.47. The first-order valence-electron chi connectivity index (χ1n) is 14.2. The van der Waals surface area contributed by atoms with Gasteiger partial charge in [0.1, 0.15) is 17.2 Å². The van der Waals surface area contributed by atoms with E-state index in [2.05, 4.69) is 38.7 Å². The number of hydrogen-bond donors (Lipinski definition) is 3. The van der Waals surface area contributed by atoms with Gasteiger partial charge in [-0.2, -0.15) is 0 Å². The average molecular weight is 651 g/mol. The summed E-state index contributed by atoms with van der Waals surface area (Å²) in [6, 6.07) is 14.7. The van der Waals surface area contributed by atoms with Crippen molar-refractivity contribution in [1.29, 1.82) is 0 Å². The van der Waals surface area contributed by atoms with Crippen molar-refractivity contribution in [3.63, 3.8) is 0 Å². The molecule has 4 nitrogen and oxygen atoms in total. The summed E-state index contributed by atoms with van der Waals surface area (Å²) in [5, 5.41) is 24.4. The number of anilines is 1. The van der Waals surface area contributed by atoms with Crippen LogP contribution < -0.4 is 5.32 Å². The molecule has 0 radical (unpaired) electrons. The van der Waals surface area contributed by atoms with Crippen molar-refractivity contribution in [2.45, 2.75) is 78.7 Å². The molecule has 0 aromatic heterocycles. The maximum atomic E-state index is 13.4. The Morgan fingerprint density at radius 3 is 2.19 bits per heavy atom. The Kier molecular flexibility index (Phi) is 16.1. The molecule has 0 bridgehead atoms. The third-order valence-corrected chi connectivity index (χ3v) is 7.75. The zero-order chi connectivity index (χ0) is 32.9. The molecule has 8 heteroatoms. The highest BCUT2D eigenvalue weighted by molar-refractivity contribution is 6.31. The lowest BCUT2D eigenvalue weighted by molar-refractivity contribution is -0.105. The van der Waals surface area contributed by atoms with Crippen LogP contribution in [0.5, 0.6) is 0 Å². The second kappa shape index (κ2) is 18.1. The Labute approximate surface area is 271 Å². The highest BCUT2D eigenvalue weighted by Gasteiger charge is 2.31. The molecule has 0 heterocycles. The van der Waals surface area contributed by atoms with Gasteiger partial charge in [-0.15, -0.1) is 0 Å². The van der Waals surface area contributed by atoms with Crippen LogP contribution in [0.25, 0.3) is 0 Å². The second-order valence-corrected chi connectivity index (χ2v) is 11.5. The molecular formula is C35H43Cl3FNO3. The van der Waals surface area contributed by atoms with E-state index in [1.807, 2.05) is 26.8 Å². The molecule has 3 aromatic rings. The van der Waals surface area contributed by atoms with E-state index in [1.165, 1.54) is 23.8 Å². The summed E-state index contributed by atoms with van der Waals surface area (Å²) in [4.78, 5) is 10.7. The average Bonchev–Trinajstić information content (AvgIpc) is 2.95. The van der Waals surface area contributed by atoms with Gasteiger partial charge < -0.3 is 15.5 Å². The number of carbonyl (C=O) groups is 1. The van der Waals surface area contributed by atoms with Crippen molar-refractivity contribution >= 4 is 46.9 Å². The minimum absolute atomic E-state index is 0.182. The largest absolute Gasteiger partial charge is 0.510 e. The fourth-order valence-corrected chi connectivity index (χ4v) is 5.31. The van der Waals surface area contributed by atoms with Gasteiger partial charge in [-0.3, -0.25) is 4.79 Å². The molecule has 3 aromatic carbocycles. The van der Waals surface area contributed by atoms with Crippen molar-refractivity contribution in [2.24, 2.45) is 0 Å². The summed E-state index contributed by atoms with van der Waals surface area (Å²) in [7, 11) is 0. The molecule has 0 saturated carbocycles. The van der Waals surface area contributed by atoms with Crippen LogP contribution in [0.15, 0.2) is 78.6 Å². The number of rotatable bonds is 10. The van der Waals surface area contributed by atoms with Gasteiger partial charge in [0, 0.05) is 26.7 Å². The molecule has 3 rings (SSSR count). The molecule has 0 saturated heterocycles. The van der Waals surface area contributed by atoms with Crippen LogP contribution in [-0.2, 0) is 10.4 Å². The topological polar surface area (TPSA) is 69.6 Å². The van der Waals surface area contributed by atoms with Crippen LogP contribution in [0.1, 0.15) is 95.4 Å². The summed E-state index contributed by atoms with van der Waals surface area (Å²) in [6.07, 6.45) is 4.67. The molecule has 0 aliphatic rings. The number of aliphatic hydroxyl groups excluding tert-OH is 1. The summed E-state index contributed by atoms with van der Waals surface area (Å²) >= 11 is 18.1. The third-order valence-electron chi connectivity index (χ3n) is 6.93. The van der Waals surface area contributed by atoms with Crippen LogP contribution in [0.4, 0.5) is 10.1 Å². The van der Waals surface area contributed by atoms with Gasteiger partial charge in [0.15, 0.2) is 0 Å². The molecule has 3 atom stereocenters. The molecule has 1 amide bonds. The van der Waals surface area contributed by atoms with Gasteiger partial charge in [-0.1, -0.05) is 99.8 Å². The first-order chi connectivity index (χ1) is 20.2. The molecule has 0 aliphatic heterocycles. The molecular weight excluding hydrogens is 608 g/mol. The van der Waals surface area contributed by atoms with E-state index in [4.69, 9.17) is 34.8 Å². The highest BCUT2D eigenvalue weighted by Crippen LogP contribution is 2.37. The fraction of sp³-hybridized carbons (Fsp3) is 0.343. The number of nitrogens with one attached hydrogen (secondary N) is 1. The number of hydrogen-bond acceptors (Lipinski definition) is 3. The van der Waals surface area contributed by atoms with E-state index in [0.29, 0.717) is 38.3 Å². The molecule has 0 aliphatic carbocycles. The molecule has 0 fully saturated rings. The van der Waals surface area contributed by atoms with E-state index in [1.54, 1.807) is 37.3 Å². The minimum Gasteiger partial charge on any atom is -0.510 e. The monoisotopic (exact) mass is 649 g/mol. The zero-order valence-electron chi connectivity index (χ0n) is 25.9. The van der Waals surface area contributed by atoms with Gasteiger partial charge in [-0.05, 0) is 97.3 Å². The van der Waals surface area contributed by atoms with E-state index in [-0.39, 0.29) is 23.4 Å². The fourth-order valence-electron chi connectivity index (χ4n) is 4.67. The first kappa shape index (κ1) is 38.2. The van der Waals surface area contributed by atoms with Crippen LogP contribution in [0.2, 0.25) is 15.1 Å². The third kappa shape index (κ3) is 11.0. The van der Waals surface area contributed by atoms with Crippen molar-refractivity contribution < 1.29 is 19.4 Å². The lowest BCUT2D eigenvalue weighted by atomic mass is 9.83. The van der Waals surface area contributed by atoms with E-state index < -0.39 is 5.60 Å². The molecule has 43 heavy (non-hydrogen) atoms. The summed E-state index contributed by atoms with van der Waals surface area (Å²) < 4.78 is 13.4. The molecule has 0 spiro atoms. The zero-order valence-corrected chi connectivity index (χ0v) is 28.2. The Morgan fingerprint density at radius 1 is 1.00 bits per heavy atom. The van der Waals surface area contributed by atoms with Gasteiger partial charge in [-0.25, -0.2) is 4.39 Å². The van der Waals surface area contributed by atoms with Crippen molar-refractivity contribution in [3.05, 3.63) is 122 Å². The molecule has 3 N–H and O–H groups in total. The van der Waals surface area contributed by atoms with E-state index in [0.717, 1.165) is 24.0 Å². The minimum atomic E-state index is -1.48. The Hall–Kier alpha value is -2.83. The van der Waals surface area contributed by atoms with Crippen molar-refractivity contribution in [2.75, 3.05) is 5.32 Å². The Balaban J connectivity index is 0.000000407. The maximum absolute atomic E-state index is 13.4. The van der Waals surface area contributed by atoms with Crippen molar-refractivity contribution in [3.8, 4) is 0 Å².